The number of hydrogen-bond acceptors (Lipinski definition) is 6. The number of phenolic OH excluding ortho intramolecular Hbond substituents is 1. The van der Waals surface area contributed by atoms with E-state index in [1.54, 1.807) is 18.3 Å². The van der Waals surface area contributed by atoms with Crippen molar-refractivity contribution >= 4 is 34.4 Å². The number of pyridine rings is 1. The van der Waals surface area contributed by atoms with Crippen molar-refractivity contribution < 1.29 is 9.90 Å². The molecule has 0 aliphatic carbocycles. The number of aromatic hydroxyl groups is 1. The molecule has 7 heteroatoms. The van der Waals surface area contributed by atoms with E-state index in [-0.39, 0.29) is 5.91 Å². The van der Waals surface area contributed by atoms with Crippen LogP contribution in [0, 0.1) is 0 Å². The minimum absolute atomic E-state index is 0.0710. The quantitative estimate of drug-likeness (QED) is 0.357. The highest BCUT2D eigenvalue weighted by Crippen LogP contribution is 2.27. The summed E-state index contributed by atoms with van der Waals surface area (Å²) in [4.78, 5) is 23.0. The molecule has 0 unspecified atom stereocenters. The molecule has 1 amide bonds. The lowest BCUT2D eigenvalue weighted by atomic mass is 10.2. The van der Waals surface area contributed by atoms with Crippen molar-refractivity contribution in [3.05, 3.63) is 96.2 Å². The van der Waals surface area contributed by atoms with E-state index in [2.05, 4.69) is 26.7 Å². The molecule has 178 valence electrons. The van der Waals surface area contributed by atoms with Gasteiger partial charge in [0.2, 0.25) is 0 Å². The van der Waals surface area contributed by atoms with Crippen LogP contribution in [0.4, 0.5) is 5.69 Å². The van der Waals surface area contributed by atoms with Crippen molar-refractivity contribution in [3.63, 3.8) is 0 Å². The van der Waals surface area contributed by atoms with Gasteiger partial charge in [-0.05, 0) is 72.5 Å². The van der Waals surface area contributed by atoms with E-state index in [1.165, 1.54) is 11.9 Å². The molecule has 0 bridgehead atoms. The van der Waals surface area contributed by atoms with Crippen LogP contribution in [-0.2, 0) is 6.54 Å². The second-order valence-corrected chi connectivity index (χ2v) is 9.55. The van der Waals surface area contributed by atoms with Crippen molar-refractivity contribution in [1.29, 1.82) is 0 Å². The third kappa shape index (κ3) is 5.75. The van der Waals surface area contributed by atoms with E-state index in [1.807, 2.05) is 59.5 Å². The Morgan fingerprint density at radius 2 is 1.77 bits per heavy atom. The predicted molar refractivity (Wildman–Crippen MR) is 142 cm³/mol. The molecule has 0 saturated carbocycles. The first-order chi connectivity index (χ1) is 17.2. The summed E-state index contributed by atoms with van der Waals surface area (Å²) in [6.07, 6.45) is 2.74. The fraction of sp³-hybridized carbons (Fsp3) is 0.214. The van der Waals surface area contributed by atoms with Crippen LogP contribution in [0.5, 0.6) is 5.75 Å². The van der Waals surface area contributed by atoms with Crippen molar-refractivity contribution in [2.45, 2.75) is 17.9 Å². The van der Waals surface area contributed by atoms with Crippen LogP contribution in [-0.4, -0.2) is 52.0 Å². The molecule has 1 aliphatic rings. The smallest absolute Gasteiger partial charge is 0.253 e. The van der Waals surface area contributed by atoms with Gasteiger partial charge in [0.1, 0.15) is 5.75 Å². The van der Waals surface area contributed by atoms with Gasteiger partial charge in [-0.1, -0.05) is 30.3 Å². The third-order valence-electron chi connectivity index (χ3n) is 6.20. The normalized spacial score (nSPS) is 14.6. The van der Waals surface area contributed by atoms with Crippen molar-refractivity contribution in [3.8, 4) is 5.75 Å². The van der Waals surface area contributed by atoms with Crippen LogP contribution in [0.3, 0.4) is 0 Å². The first-order valence-electron chi connectivity index (χ1n) is 11.8. The fourth-order valence-corrected chi connectivity index (χ4v) is 5.16. The van der Waals surface area contributed by atoms with E-state index in [0.29, 0.717) is 17.9 Å². The SMILES string of the molecule is O=C(c1ccc(NSc2cccc3cccnc23)cc1)N1CCCN(Cc2cccc(O)c2)CC1. The zero-order valence-electron chi connectivity index (χ0n) is 19.4. The first kappa shape index (κ1) is 23.2. The van der Waals surface area contributed by atoms with Crippen LogP contribution in [0.1, 0.15) is 22.3 Å². The number of fused-ring (bicyclic) bond motifs is 1. The number of carbonyl (C=O) groups is 1. The lowest BCUT2D eigenvalue weighted by molar-refractivity contribution is 0.0761. The zero-order valence-corrected chi connectivity index (χ0v) is 20.2. The molecule has 1 saturated heterocycles. The average Bonchev–Trinajstić information content (AvgIpc) is 3.13. The number of amides is 1. The number of carbonyl (C=O) groups excluding carboxylic acids is 1. The monoisotopic (exact) mass is 484 g/mol. The zero-order chi connectivity index (χ0) is 24.0. The summed E-state index contributed by atoms with van der Waals surface area (Å²) < 4.78 is 3.37. The van der Waals surface area contributed by atoms with Crippen molar-refractivity contribution in [2.75, 3.05) is 30.9 Å². The molecule has 5 rings (SSSR count). The Labute approximate surface area is 209 Å². The average molecular weight is 485 g/mol. The highest BCUT2D eigenvalue weighted by Gasteiger charge is 2.20. The van der Waals surface area contributed by atoms with Gasteiger partial charge in [-0.3, -0.25) is 14.7 Å². The molecule has 2 heterocycles. The standard InChI is InChI=1S/C28H28N4O2S/c33-25-8-1-5-21(19-25)20-31-15-4-16-32(18-17-31)28(34)23-10-12-24(13-11-23)30-35-26-9-2-6-22-7-3-14-29-27(22)26/h1-3,5-14,19,30,33H,4,15-18,20H2. The summed E-state index contributed by atoms with van der Waals surface area (Å²) >= 11 is 1.52. The Morgan fingerprint density at radius 3 is 2.63 bits per heavy atom. The van der Waals surface area contributed by atoms with Gasteiger partial charge in [0.25, 0.3) is 5.91 Å². The van der Waals surface area contributed by atoms with Crippen molar-refractivity contribution in [2.24, 2.45) is 0 Å². The number of nitrogens with one attached hydrogen (secondary N) is 1. The Hall–Kier alpha value is -3.55. The van der Waals surface area contributed by atoms with Gasteiger partial charge in [0, 0.05) is 55.6 Å². The summed E-state index contributed by atoms with van der Waals surface area (Å²) in [5.74, 6) is 0.362. The van der Waals surface area contributed by atoms with Crippen LogP contribution in [0.25, 0.3) is 10.9 Å². The minimum atomic E-state index is 0.0710. The fourth-order valence-electron chi connectivity index (χ4n) is 4.38. The molecule has 0 radical (unpaired) electrons. The molecule has 2 N–H and O–H groups in total. The molecule has 35 heavy (non-hydrogen) atoms. The van der Waals surface area contributed by atoms with E-state index in [4.69, 9.17) is 0 Å². The topological polar surface area (TPSA) is 68.7 Å². The lowest BCUT2D eigenvalue weighted by Gasteiger charge is -2.22. The second-order valence-electron chi connectivity index (χ2n) is 8.70. The largest absolute Gasteiger partial charge is 0.508 e. The molecule has 0 atom stereocenters. The third-order valence-corrected chi connectivity index (χ3v) is 7.09. The molecule has 1 fully saturated rings. The summed E-state index contributed by atoms with van der Waals surface area (Å²) in [6.45, 7) is 3.97. The molecule has 6 nitrogen and oxygen atoms in total. The maximum absolute atomic E-state index is 13.1. The van der Waals surface area contributed by atoms with E-state index < -0.39 is 0 Å². The van der Waals surface area contributed by atoms with Gasteiger partial charge in [-0.15, -0.1) is 0 Å². The van der Waals surface area contributed by atoms with E-state index in [0.717, 1.165) is 59.6 Å². The number of para-hydroxylation sites is 1. The number of rotatable bonds is 6. The van der Waals surface area contributed by atoms with Crippen LogP contribution in [0.2, 0.25) is 0 Å². The summed E-state index contributed by atoms with van der Waals surface area (Å²) in [5.41, 5.74) is 3.70. The van der Waals surface area contributed by atoms with E-state index >= 15 is 0 Å². The van der Waals surface area contributed by atoms with Crippen LogP contribution >= 0.6 is 11.9 Å². The number of benzene rings is 3. The number of aromatic nitrogens is 1. The highest BCUT2D eigenvalue weighted by atomic mass is 32.2. The van der Waals surface area contributed by atoms with Gasteiger partial charge >= 0.3 is 0 Å². The summed E-state index contributed by atoms with van der Waals surface area (Å²) in [6, 6.07) is 25.2. The van der Waals surface area contributed by atoms with Gasteiger partial charge < -0.3 is 14.7 Å². The Balaban J connectivity index is 1.17. The second kappa shape index (κ2) is 10.8. The number of phenols is 1. The Bertz CT molecular complexity index is 1310. The van der Waals surface area contributed by atoms with Crippen LogP contribution < -0.4 is 4.72 Å². The molecule has 0 spiro atoms. The number of anilines is 1. The summed E-state index contributed by atoms with van der Waals surface area (Å²) in [5, 5.41) is 10.8. The minimum Gasteiger partial charge on any atom is -0.508 e. The Kier molecular flexibility index (Phi) is 7.16. The van der Waals surface area contributed by atoms with Crippen molar-refractivity contribution in [1.82, 2.24) is 14.8 Å². The van der Waals surface area contributed by atoms with Gasteiger partial charge in [-0.2, -0.15) is 0 Å². The number of nitrogens with zero attached hydrogens (tertiary/aromatic N) is 3. The Morgan fingerprint density at radius 1 is 0.943 bits per heavy atom. The highest BCUT2D eigenvalue weighted by molar-refractivity contribution is 8.00. The molecule has 1 aromatic heterocycles. The molecular weight excluding hydrogens is 456 g/mol. The molecule has 4 aromatic rings. The van der Waals surface area contributed by atoms with Gasteiger partial charge in [-0.25, -0.2) is 0 Å². The van der Waals surface area contributed by atoms with Gasteiger partial charge in [0.15, 0.2) is 0 Å². The lowest BCUT2D eigenvalue weighted by Crippen LogP contribution is -2.35. The van der Waals surface area contributed by atoms with Gasteiger partial charge in [0.05, 0.1) is 10.4 Å². The molecule has 3 aromatic carbocycles. The number of hydrogen-bond donors (Lipinski definition) is 2. The summed E-state index contributed by atoms with van der Waals surface area (Å²) in [7, 11) is 0. The maximum atomic E-state index is 13.1. The first-order valence-corrected chi connectivity index (χ1v) is 12.6. The molecule has 1 aliphatic heterocycles. The van der Waals surface area contributed by atoms with E-state index in [9.17, 15) is 9.90 Å². The van der Waals surface area contributed by atoms with Crippen LogP contribution in [0.15, 0.2) is 90.0 Å². The maximum Gasteiger partial charge on any atom is 0.253 e. The molecular formula is C28H28N4O2S. The predicted octanol–water partition coefficient (Wildman–Crippen LogP) is 5.41.